The van der Waals surface area contributed by atoms with E-state index in [4.69, 9.17) is 21.1 Å². The standard InChI is InChI=1S/C19H17ClIN3O3/c1-24-16(21)10-22-18(24)13-9-11(7-8-14(13)20)23-19(25)12-5-4-6-15(26-2)17(12)27-3/h4-10H,1-3H3,(H,23,25). The first-order valence-corrected chi connectivity index (χ1v) is 9.41. The van der Waals surface area contributed by atoms with Gasteiger partial charge in [0.1, 0.15) is 5.82 Å². The number of para-hydroxylation sites is 1. The number of imidazole rings is 1. The van der Waals surface area contributed by atoms with E-state index in [9.17, 15) is 4.79 Å². The van der Waals surface area contributed by atoms with Crippen molar-refractivity contribution in [1.82, 2.24) is 9.55 Å². The highest BCUT2D eigenvalue weighted by molar-refractivity contribution is 14.1. The summed E-state index contributed by atoms with van der Waals surface area (Å²) >= 11 is 8.54. The minimum absolute atomic E-state index is 0.312. The molecular weight excluding hydrogens is 481 g/mol. The SMILES string of the molecule is COc1cccc(C(=O)Nc2ccc(Cl)c(-c3ncc(I)n3C)c2)c1OC. The number of hydrogen-bond acceptors (Lipinski definition) is 4. The largest absolute Gasteiger partial charge is 0.493 e. The predicted molar refractivity (Wildman–Crippen MR) is 114 cm³/mol. The third-order valence-corrected chi connectivity index (χ3v) is 5.38. The van der Waals surface area contributed by atoms with Crippen LogP contribution in [0.3, 0.4) is 0 Å². The lowest BCUT2D eigenvalue weighted by Crippen LogP contribution is -2.13. The third-order valence-electron chi connectivity index (χ3n) is 4.04. The van der Waals surface area contributed by atoms with Crippen LogP contribution in [0, 0.1) is 3.70 Å². The number of nitrogens with one attached hydrogen (secondary N) is 1. The molecule has 1 amide bonds. The van der Waals surface area contributed by atoms with Gasteiger partial charge in [0.25, 0.3) is 5.91 Å². The van der Waals surface area contributed by atoms with Crippen molar-refractivity contribution in [1.29, 1.82) is 0 Å². The number of benzene rings is 2. The molecule has 0 saturated carbocycles. The van der Waals surface area contributed by atoms with Crippen molar-refractivity contribution in [3.63, 3.8) is 0 Å². The summed E-state index contributed by atoms with van der Waals surface area (Å²) in [7, 11) is 4.93. The van der Waals surface area contributed by atoms with E-state index in [1.807, 2.05) is 11.6 Å². The Bertz CT molecular complexity index is 1000. The molecule has 140 valence electrons. The molecule has 0 bridgehead atoms. The molecule has 1 heterocycles. The topological polar surface area (TPSA) is 65.4 Å². The summed E-state index contributed by atoms with van der Waals surface area (Å²) in [6.45, 7) is 0. The van der Waals surface area contributed by atoms with Crippen LogP contribution in [0.15, 0.2) is 42.6 Å². The molecule has 0 atom stereocenters. The van der Waals surface area contributed by atoms with E-state index >= 15 is 0 Å². The number of amides is 1. The molecule has 0 aliphatic heterocycles. The minimum atomic E-state index is -0.312. The molecule has 0 aliphatic carbocycles. The number of carbonyl (C=O) groups excluding carboxylic acids is 1. The van der Waals surface area contributed by atoms with Gasteiger partial charge in [0.15, 0.2) is 11.5 Å². The maximum absolute atomic E-state index is 12.8. The second-order valence-electron chi connectivity index (χ2n) is 5.65. The van der Waals surface area contributed by atoms with Gasteiger partial charge in [-0.1, -0.05) is 17.7 Å². The van der Waals surface area contributed by atoms with Gasteiger partial charge in [-0.25, -0.2) is 4.98 Å². The Hall–Kier alpha value is -2.26. The van der Waals surface area contributed by atoms with Crippen molar-refractivity contribution in [2.24, 2.45) is 7.05 Å². The molecule has 1 N–H and O–H groups in total. The van der Waals surface area contributed by atoms with Gasteiger partial charge in [0, 0.05) is 18.3 Å². The Morgan fingerprint density at radius 2 is 2.00 bits per heavy atom. The monoisotopic (exact) mass is 497 g/mol. The van der Waals surface area contributed by atoms with Crippen molar-refractivity contribution < 1.29 is 14.3 Å². The van der Waals surface area contributed by atoms with Gasteiger partial charge >= 0.3 is 0 Å². The highest BCUT2D eigenvalue weighted by Gasteiger charge is 2.18. The molecule has 27 heavy (non-hydrogen) atoms. The van der Waals surface area contributed by atoms with Gasteiger partial charge in [-0.05, 0) is 52.9 Å². The van der Waals surface area contributed by atoms with E-state index in [1.54, 1.807) is 42.6 Å². The third kappa shape index (κ3) is 3.89. The van der Waals surface area contributed by atoms with Crippen LogP contribution in [-0.4, -0.2) is 29.7 Å². The number of ether oxygens (including phenoxy) is 2. The zero-order valence-electron chi connectivity index (χ0n) is 14.9. The van der Waals surface area contributed by atoms with Gasteiger partial charge in [-0.15, -0.1) is 0 Å². The number of anilines is 1. The van der Waals surface area contributed by atoms with Crippen molar-refractivity contribution in [3.8, 4) is 22.9 Å². The summed E-state index contributed by atoms with van der Waals surface area (Å²) in [5.41, 5.74) is 1.71. The van der Waals surface area contributed by atoms with Gasteiger partial charge in [-0.2, -0.15) is 0 Å². The van der Waals surface area contributed by atoms with Crippen LogP contribution in [0.2, 0.25) is 5.02 Å². The maximum Gasteiger partial charge on any atom is 0.259 e. The molecule has 3 aromatic rings. The van der Waals surface area contributed by atoms with Crippen LogP contribution in [0.25, 0.3) is 11.4 Å². The van der Waals surface area contributed by atoms with E-state index in [2.05, 4.69) is 32.9 Å². The average molecular weight is 498 g/mol. The number of nitrogens with zero attached hydrogens (tertiary/aromatic N) is 2. The van der Waals surface area contributed by atoms with Gasteiger partial charge in [0.2, 0.25) is 0 Å². The molecule has 0 unspecified atom stereocenters. The van der Waals surface area contributed by atoms with E-state index in [0.717, 1.165) is 15.1 Å². The molecule has 0 spiro atoms. The van der Waals surface area contributed by atoms with Crippen molar-refractivity contribution in [2.45, 2.75) is 0 Å². The molecule has 1 aromatic heterocycles. The quantitative estimate of drug-likeness (QED) is 0.523. The Morgan fingerprint density at radius 3 is 2.63 bits per heavy atom. The zero-order valence-corrected chi connectivity index (χ0v) is 17.8. The highest BCUT2D eigenvalue weighted by Crippen LogP contribution is 2.33. The normalized spacial score (nSPS) is 10.6. The Morgan fingerprint density at radius 1 is 1.22 bits per heavy atom. The van der Waals surface area contributed by atoms with Gasteiger partial charge in [0.05, 0.1) is 34.7 Å². The number of carbonyl (C=O) groups is 1. The molecule has 6 nitrogen and oxygen atoms in total. The van der Waals surface area contributed by atoms with E-state index in [-0.39, 0.29) is 5.91 Å². The lowest BCUT2D eigenvalue weighted by molar-refractivity contribution is 0.102. The molecule has 0 fully saturated rings. The first kappa shape index (κ1) is 19.5. The fourth-order valence-corrected chi connectivity index (χ4v) is 3.25. The fraction of sp³-hybridized carbons (Fsp3) is 0.158. The Kier molecular flexibility index (Phi) is 5.91. The second-order valence-corrected chi connectivity index (χ2v) is 7.17. The lowest BCUT2D eigenvalue weighted by atomic mass is 10.1. The number of rotatable bonds is 5. The van der Waals surface area contributed by atoms with Gasteiger partial charge < -0.3 is 19.4 Å². The molecule has 3 rings (SSSR count). The Balaban J connectivity index is 1.94. The average Bonchev–Trinajstić information content (AvgIpc) is 3.01. The van der Waals surface area contributed by atoms with Crippen LogP contribution < -0.4 is 14.8 Å². The van der Waals surface area contributed by atoms with Crippen molar-refractivity contribution in [3.05, 3.63) is 56.9 Å². The first-order chi connectivity index (χ1) is 13.0. The number of hydrogen-bond donors (Lipinski definition) is 1. The van der Waals surface area contributed by atoms with E-state index in [0.29, 0.717) is 27.8 Å². The van der Waals surface area contributed by atoms with Crippen molar-refractivity contribution >= 4 is 45.8 Å². The second kappa shape index (κ2) is 8.18. The van der Waals surface area contributed by atoms with Crippen LogP contribution in [-0.2, 0) is 7.05 Å². The zero-order chi connectivity index (χ0) is 19.6. The molecule has 8 heteroatoms. The summed E-state index contributed by atoms with van der Waals surface area (Å²) in [5, 5.41) is 3.43. The lowest BCUT2D eigenvalue weighted by Gasteiger charge is -2.13. The van der Waals surface area contributed by atoms with E-state index in [1.165, 1.54) is 14.2 Å². The number of methoxy groups -OCH3 is 2. The minimum Gasteiger partial charge on any atom is -0.493 e. The first-order valence-electron chi connectivity index (χ1n) is 7.95. The summed E-state index contributed by atoms with van der Waals surface area (Å²) in [4.78, 5) is 17.2. The van der Waals surface area contributed by atoms with Crippen LogP contribution in [0.1, 0.15) is 10.4 Å². The highest BCUT2D eigenvalue weighted by atomic mass is 127. The van der Waals surface area contributed by atoms with Gasteiger partial charge in [-0.3, -0.25) is 4.79 Å². The molecule has 0 radical (unpaired) electrons. The van der Waals surface area contributed by atoms with Crippen LogP contribution >= 0.6 is 34.2 Å². The number of aromatic nitrogens is 2. The molecule has 0 saturated heterocycles. The molecular formula is C19H17ClIN3O3. The fourth-order valence-electron chi connectivity index (χ4n) is 2.68. The summed E-state index contributed by atoms with van der Waals surface area (Å²) in [5.74, 6) is 1.28. The predicted octanol–water partition coefficient (Wildman–Crippen LogP) is 4.61. The Labute approximate surface area is 175 Å². The summed E-state index contributed by atoms with van der Waals surface area (Å²) in [6, 6.07) is 10.4. The maximum atomic E-state index is 12.8. The van der Waals surface area contributed by atoms with Crippen LogP contribution in [0.5, 0.6) is 11.5 Å². The number of halogens is 2. The van der Waals surface area contributed by atoms with E-state index < -0.39 is 0 Å². The molecule has 0 aliphatic rings. The summed E-state index contributed by atoms with van der Waals surface area (Å²) < 4.78 is 13.5. The molecule has 2 aromatic carbocycles. The van der Waals surface area contributed by atoms with Crippen molar-refractivity contribution in [2.75, 3.05) is 19.5 Å². The summed E-state index contributed by atoms with van der Waals surface area (Å²) in [6.07, 6.45) is 1.76. The van der Waals surface area contributed by atoms with Crippen LogP contribution in [0.4, 0.5) is 5.69 Å². The smallest absolute Gasteiger partial charge is 0.259 e.